The molecule has 25 heavy (non-hydrogen) atoms. The maximum atomic E-state index is 13.8. The van der Waals surface area contributed by atoms with E-state index < -0.39 is 39.6 Å². The summed E-state index contributed by atoms with van der Waals surface area (Å²) in [5.74, 6) is -3.45. The number of hydrogen-bond donors (Lipinski definition) is 0. The zero-order valence-electron chi connectivity index (χ0n) is 13.3. The van der Waals surface area contributed by atoms with Crippen LogP contribution in [0.3, 0.4) is 0 Å². The highest BCUT2D eigenvalue weighted by molar-refractivity contribution is 5.94. The van der Waals surface area contributed by atoms with Crippen molar-refractivity contribution in [2.45, 2.75) is 26.1 Å². The first kappa shape index (κ1) is 16.8. The number of carbonyl (C=O) groups is 1. The number of esters is 1. The second-order valence-electron chi connectivity index (χ2n) is 6.06. The number of ether oxygens (including phenoxy) is 2. The van der Waals surface area contributed by atoms with Gasteiger partial charge >= 0.3 is 5.97 Å². The molecule has 6 nitrogen and oxygen atoms in total. The molecular formula is C17H13F2NO5. The molecule has 2 aromatic carbocycles. The van der Waals surface area contributed by atoms with E-state index in [1.165, 1.54) is 0 Å². The van der Waals surface area contributed by atoms with Crippen molar-refractivity contribution >= 4 is 11.7 Å². The summed E-state index contributed by atoms with van der Waals surface area (Å²) in [6.07, 6.45) is 0. The molecule has 1 heterocycles. The Labute approximate surface area is 141 Å². The molecular weight excluding hydrogens is 336 g/mol. The minimum absolute atomic E-state index is 0.177. The molecule has 0 aliphatic carbocycles. The average Bonchev–Trinajstić information content (AvgIpc) is 2.75. The van der Waals surface area contributed by atoms with Crippen molar-refractivity contribution in [3.8, 4) is 5.75 Å². The molecule has 0 unspecified atom stereocenters. The topological polar surface area (TPSA) is 78.7 Å². The Morgan fingerprint density at radius 1 is 1.20 bits per heavy atom. The molecule has 3 rings (SSSR count). The summed E-state index contributed by atoms with van der Waals surface area (Å²) < 4.78 is 38.1. The fraction of sp³-hybridized carbons (Fsp3) is 0.235. The van der Waals surface area contributed by atoms with Gasteiger partial charge in [0, 0.05) is 5.56 Å². The molecule has 0 spiro atoms. The fourth-order valence-electron chi connectivity index (χ4n) is 2.64. The molecule has 0 radical (unpaired) electrons. The van der Waals surface area contributed by atoms with Crippen molar-refractivity contribution < 1.29 is 28.0 Å². The fourth-order valence-corrected chi connectivity index (χ4v) is 2.64. The highest BCUT2D eigenvalue weighted by Gasteiger charge is 2.37. The smallest absolute Gasteiger partial charge is 0.339 e. The van der Waals surface area contributed by atoms with Gasteiger partial charge in [0.05, 0.1) is 22.6 Å². The van der Waals surface area contributed by atoms with Gasteiger partial charge in [-0.25, -0.2) is 13.6 Å². The first-order chi connectivity index (χ1) is 11.7. The minimum Gasteiger partial charge on any atom is -0.483 e. The van der Waals surface area contributed by atoms with Gasteiger partial charge in [-0.05, 0) is 31.5 Å². The highest BCUT2D eigenvalue weighted by Crippen LogP contribution is 2.36. The van der Waals surface area contributed by atoms with Gasteiger partial charge in [-0.3, -0.25) is 10.1 Å². The number of rotatable bonds is 4. The second kappa shape index (κ2) is 5.80. The molecule has 0 saturated heterocycles. The van der Waals surface area contributed by atoms with Crippen LogP contribution in [-0.2, 0) is 16.9 Å². The van der Waals surface area contributed by atoms with Crippen molar-refractivity contribution in [3.05, 3.63) is 68.8 Å². The summed E-state index contributed by atoms with van der Waals surface area (Å²) in [6.45, 7) is 3.29. The number of hydrogen-bond acceptors (Lipinski definition) is 5. The van der Waals surface area contributed by atoms with Gasteiger partial charge in [-0.2, -0.15) is 0 Å². The molecule has 0 N–H and O–H groups in total. The van der Waals surface area contributed by atoms with Crippen LogP contribution in [0.5, 0.6) is 5.75 Å². The minimum atomic E-state index is -1.16. The standard InChI is InChI=1S/C17H13F2NO5/c1-17(2)12-5-9(3-4-11(12)16(21)25-17)8-24-15-13(18)6-10(20(22)23)7-14(15)19/h3-7H,8H2,1-2H3. The van der Waals surface area contributed by atoms with E-state index in [0.717, 1.165) is 0 Å². The van der Waals surface area contributed by atoms with Crippen molar-refractivity contribution in [2.75, 3.05) is 0 Å². The Morgan fingerprint density at radius 3 is 2.44 bits per heavy atom. The van der Waals surface area contributed by atoms with Crippen molar-refractivity contribution in [2.24, 2.45) is 0 Å². The number of halogens is 2. The lowest BCUT2D eigenvalue weighted by Gasteiger charge is -2.18. The Balaban J connectivity index is 1.84. The maximum absolute atomic E-state index is 13.8. The molecule has 2 aromatic rings. The number of nitro groups is 1. The van der Waals surface area contributed by atoms with E-state index in [4.69, 9.17) is 9.47 Å². The van der Waals surface area contributed by atoms with Crippen molar-refractivity contribution in [1.82, 2.24) is 0 Å². The van der Waals surface area contributed by atoms with Crippen LogP contribution in [0.2, 0.25) is 0 Å². The lowest BCUT2D eigenvalue weighted by Crippen LogP contribution is -2.16. The second-order valence-corrected chi connectivity index (χ2v) is 6.06. The van der Waals surface area contributed by atoms with Crippen LogP contribution in [-0.4, -0.2) is 10.9 Å². The molecule has 0 bridgehead atoms. The van der Waals surface area contributed by atoms with Gasteiger partial charge in [0.15, 0.2) is 17.4 Å². The van der Waals surface area contributed by atoms with Crippen LogP contribution in [0, 0.1) is 21.7 Å². The van der Waals surface area contributed by atoms with E-state index >= 15 is 0 Å². The quantitative estimate of drug-likeness (QED) is 0.476. The summed E-state index contributed by atoms with van der Waals surface area (Å²) in [4.78, 5) is 21.4. The van der Waals surface area contributed by atoms with E-state index in [2.05, 4.69) is 0 Å². The van der Waals surface area contributed by atoms with E-state index in [1.54, 1.807) is 32.0 Å². The number of carbonyl (C=O) groups excluding carboxylic acids is 1. The summed E-state index contributed by atoms with van der Waals surface area (Å²) in [5.41, 5.74) is 0.163. The largest absolute Gasteiger partial charge is 0.483 e. The van der Waals surface area contributed by atoms with Crippen molar-refractivity contribution in [3.63, 3.8) is 0 Å². The number of nitrogens with zero attached hydrogens (tertiary/aromatic N) is 1. The average molecular weight is 349 g/mol. The van der Waals surface area contributed by atoms with Gasteiger partial charge in [-0.15, -0.1) is 0 Å². The Bertz CT molecular complexity index is 872. The lowest BCUT2D eigenvalue weighted by molar-refractivity contribution is -0.385. The molecule has 130 valence electrons. The normalized spacial score (nSPS) is 14.8. The predicted molar refractivity (Wildman–Crippen MR) is 82.2 cm³/mol. The predicted octanol–water partition coefficient (Wildman–Crippen LogP) is 3.86. The molecule has 8 heteroatoms. The van der Waals surface area contributed by atoms with E-state index in [1.807, 2.05) is 0 Å². The SMILES string of the molecule is CC1(C)OC(=O)c2ccc(COc3c(F)cc([N+](=O)[O-])cc3F)cc21. The summed E-state index contributed by atoms with van der Waals surface area (Å²) in [6, 6.07) is 6.01. The van der Waals surface area contributed by atoms with Gasteiger partial charge in [0.2, 0.25) is 0 Å². The van der Waals surface area contributed by atoms with E-state index in [-0.39, 0.29) is 6.61 Å². The Hall–Kier alpha value is -3.03. The monoisotopic (exact) mass is 349 g/mol. The van der Waals surface area contributed by atoms with E-state index in [0.29, 0.717) is 28.8 Å². The van der Waals surface area contributed by atoms with Crippen molar-refractivity contribution in [1.29, 1.82) is 0 Å². The number of cyclic esters (lactones) is 1. The highest BCUT2D eigenvalue weighted by atomic mass is 19.1. The molecule has 0 fully saturated rings. The van der Waals surface area contributed by atoms with Crippen LogP contribution >= 0.6 is 0 Å². The van der Waals surface area contributed by atoms with Gasteiger partial charge in [0.1, 0.15) is 12.2 Å². The summed E-state index contributed by atoms with van der Waals surface area (Å²) >= 11 is 0. The molecule has 0 saturated carbocycles. The lowest BCUT2D eigenvalue weighted by atomic mass is 9.94. The first-order valence-electron chi connectivity index (χ1n) is 7.32. The van der Waals surface area contributed by atoms with Gasteiger partial charge in [-0.1, -0.05) is 6.07 Å². The molecule has 0 aromatic heterocycles. The zero-order valence-corrected chi connectivity index (χ0v) is 13.3. The van der Waals surface area contributed by atoms with Crippen LogP contribution in [0.25, 0.3) is 0 Å². The zero-order chi connectivity index (χ0) is 18.4. The van der Waals surface area contributed by atoms with Crippen LogP contribution in [0.1, 0.15) is 35.3 Å². The third-order valence-electron chi connectivity index (χ3n) is 3.88. The molecule has 0 amide bonds. The maximum Gasteiger partial charge on any atom is 0.339 e. The first-order valence-corrected chi connectivity index (χ1v) is 7.32. The van der Waals surface area contributed by atoms with Gasteiger partial charge in [0.25, 0.3) is 5.69 Å². The summed E-state index contributed by atoms with van der Waals surface area (Å²) in [7, 11) is 0. The Morgan fingerprint density at radius 2 is 1.84 bits per heavy atom. The molecule has 0 atom stereocenters. The Kier molecular flexibility index (Phi) is 3.90. The summed E-state index contributed by atoms with van der Waals surface area (Å²) in [5, 5.41) is 10.6. The number of non-ortho nitro benzene ring substituents is 1. The van der Waals surface area contributed by atoms with Crippen LogP contribution < -0.4 is 4.74 Å². The van der Waals surface area contributed by atoms with Crippen LogP contribution in [0.15, 0.2) is 30.3 Å². The number of fused-ring (bicyclic) bond motifs is 1. The van der Waals surface area contributed by atoms with Crippen LogP contribution in [0.4, 0.5) is 14.5 Å². The third-order valence-corrected chi connectivity index (χ3v) is 3.88. The number of nitro benzene ring substituents is 1. The van der Waals surface area contributed by atoms with Gasteiger partial charge < -0.3 is 9.47 Å². The molecule has 1 aliphatic rings. The van der Waals surface area contributed by atoms with E-state index in [9.17, 15) is 23.7 Å². The molecule has 1 aliphatic heterocycles. The number of benzene rings is 2. The third kappa shape index (κ3) is 3.02.